The van der Waals surface area contributed by atoms with Gasteiger partial charge in [0.15, 0.2) is 0 Å². The van der Waals surface area contributed by atoms with E-state index in [9.17, 15) is 15.0 Å². The molecule has 0 bridgehead atoms. The Morgan fingerprint density at radius 1 is 1.30 bits per heavy atom. The van der Waals surface area contributed by atoms with E-state index in [-0.39, 0.29) is 13.2 Å². The van der Waals surface area contributed by atoms with Crippen LogP contribution in [0.1, 0.15) is 23.9 Å². The zero-order valence-electron chi connectivity index (χ0n) is 15.7. The first-order valence-corrected chi connectivity index (χ1v) is 10.1. The Morgan fingerprint density at radius 2 is 2.13 bits per heavy atom. The molecule has 1 saturated heterocycles. The molecule has 3 aromatic rings. The molecule has 10 heteroatoms. The van der Waals surface area contributed by atoms with Gasteiger partial charge in [0.1, 0.15) is 23.5 Å². The van der Waals surface area contributed by atoms with Crippen molar-refractivity contribution in [2.24, 2.45) is 0 Å². The lowest BCUT2D eigenvalue weighted by Gasteiger charge is -2.10. The molecule has 1 aromatic heterocycles. The van der Waals surface area contributed by atoms with Gasteiger partial charge in [0.25, 0.3) is 0 Å². The molecule has 0 radical (unpaired) electrons. The highest BCUT2D eigenvalue weighted by Crippen LogP contribution is 2.33. The molecule has 0 unspecified atom stereocenters. The number of halogens is 2. The number of nitrogens with zero attached hydrogens (tertiary/aromatic N) is 1. The van der Waals surface area contributed by atoms with Gasteiger partial charge in [0.05, 0.1) is 23.9 Å². The summed E-state index contributed by atoms with van der Waals surface area (Å²) in [6, 6.07) is 10.0. The monoisotopic (exact) mass is 450 g/mol. The fourth-order valence-electron chi connectivity index (χ4n) is 3.38. The van der Waals surface area contributed by atoms with Crippen LogP contribution in [0, 0.1) is 0 Å². The second-order valence-corrected chi connectivity index (χ2v) is 7.86. The minimum absolute atomic E-state index is 0.236. The van der Waals surface area contributed by atoms with Crippen LogP contribution in [-0.4, -0.2) is 45.0 Å². The first-order chi connectivity index (χ1) is 14.4. The number of amides is 2. The van der Waals surface area contributed by atoms with Crippen LogP contribution in [0.4, 0.5) is 10.5 Å². The molecule has 8 nitrogen and oxygen atoms in total. The lowest BCUT2D eigenvalue weighted by molar-refractivity contribution is -0.0244. The highest BCUT2D eigenvalue weighted by atomic mass is 35.5. The van der Waals surface area contributed by atoms with Gasteiger partial charge in [-0.15, -0.1) is 0 Å². The molecule has 0 saturated carbocycles. The third-order valence-electron chi connectivity index (χ3n) is 4.94. The Balaban J connectivity index is 1.46. The topological polar surface area (TPSA) is 120 Å². The van der Waals surface area contributed by atoms with Crippen molar-refractivity contribution in [3.8, 4) is 0 Å². The maximum atomic E-state index is 12.4. The number of hydrogen-bond acceptors (Lipinski definition) is 5. The summed E-state index contributed by atoms with van der Waals surface area (Å²) in [4.78, 5) is 20.1. The van der Waals surface area contributed by atoms with E-state index in [1.807, 2.05) is 6.07 Å². The number of ether oxygens (including phenoxy) is 1. The molecule has 1 fully saturated rings. The number of carbonyl (C=O) groups is 1. The molecule has 0 spiro atoms. The number of imidazole rings is 1. The minimum atomic E-state index is -0.753. The van der Waals surface area contributed by atoms with Gasteiger partial charge in [-0.05, 0) is 29.8 Å². The number of urea groups is 1. The van der Waals surface area contributed by atoms with E-state index < -0.39 is 24.3 Å². The Hall–Kier alpha value is -2.36. The van der Waals surface area contributed by atoms with E-state index in [0.29, 0.717) is 39.0 Å². The highest BCUT2D eigenvalue weighted by molar-refractivity contribution is 6.35. The molecule has 3 atom stereocenters. The fourth-order valence-corrected chi connectivity index (χ4v) is 3.86. The average Bonchev–Trinajstić information content (AvgIpc) is 3.31. The number of nitrogens with one attached hydrogen (secondary N) is 3. The second kappa shape index (κ2) is 8.79. The highest BCUT2D eigenvalue weighted by Gasteiger charge is 2.36. The van der Waals surface area contributed by atoms with Crippen LogP contribution in [0.5, 0.6) is 0 Å². The van der Waals surface area contributed by atoms with Gasteiger partial charge in [-0.1, -0.05) is 35.3 Å². The van der Waals surface area contributed by atoms with Crippen molar-refractivity contribution >= 4 is 46.0 Å². The van der Waals surface area contributed by atoms with Gasteiger partial charge in [-0.2, -0.15) is 0 Å². The van der Waals surface area contributed by atoms with Crippen molar-refractivity contribution in [2.45, 2.75) is 31.3 Å². The van der Waals surface area contributed by atoms with Crippen molar-refractivity contribution in [2.75, 3.05) is 11.9 Å². The third kappa shape index (κ3) is 4.38. The molecule has 1 aliphatic rings. The number of benzene rings is 2. The number of aromatic nitrogens is 2. The van der Waals surface area contributed by atoms with Gasteiger partial charge >= 0.3 is 6.03 Å². The number of aliphatic hydroxyl groups is 2. The normalized spacial score (nSPS) is 21.1. The molecule has 2 amide bonds. The lowest BCUT2D eigenvalue weighted by Crippen LogP contribution is -2.28. The maximum absolute atomic E-state index is 12.4. The van der Waals surface area contributed by atoms with Gasteiger partial charge in [0, 0.05) is 23.0 Å². The van der Waals surface area contributed by atoms with Gasteiger partial charge < -0.3 is 30.6 Å². The summed E-state index contributed by atoms with van der Waals surface area (Å²) in [5.41, 5.74) is 2.55. The quantitative estimate of drug-likeness (QED) is 0.408. The average molecular weight is 451 g/mol. The summed E-state index contributed by atoms with van der Waals surface area (Å²) in [7, 11) is 0. The summed E-state index contributed by atoms with van der Waals surface area (Å²) >= 11 is 12.0. The van der Waals surface area contributed by atoms with Crippen LogP contribution in [-0.2, 0) is 11.3 Å². The number of H-pyrrole nitrogens is 1. The molecule has 0 aliphatic carbocycles. The SMILES string of the molecule is O=C(NCc1ccc(Cl)cc1Cl)Nc1cccc2[nH]c([C@H]3C[C@H](O)[C@@H](CO)O3)nc12. The van der Waals surface area contributed by atoms with E-state index in [2.05, 4.69) is 20.6 Å². The number of rotatable bonds is 5. The van der Waals surface area contributed by atoms with Gasteiger partial charge in [0.2, 0.25) is 0 Å². The third-order valence-corrected chi connectivity index (χ3v) is 5.53. The first kappa shape index (κ1) is 20.9. The molecule has 4 rings (SSSR count). The van der Waals surface area contributed by atoms with Crippen molar-refractivity contribution in [3.05, 3.63) is 57.8 Å². The molecule has 2 aromatic carbocycles. The lowest BCUT2D eigenvalue weighted by atomic mass is 10.1. The molecule has 2 heterocycles. The van der Waals surface area contributed by atoms with E-state index >= 15 is 0 Å². The van der Waals surface area contributed by atoms with E-state index in [1.165, 1.54) is 0 Å². The molecule has 158 valence electrons. The van der Waals surface area contributed by atoms with Crippen molar-refractivity contribution < 1.29 is 19.7 Å². The Kier molecular flexibility index (Phi) is 6.12. The standard InChI is InChI=1S/C20H20Cl2N4O4/c21-11-5-4-10(12(22)6-11)8-23-20(29)25-14-3-1-2-13-18(14)26-19(24-13)16-7-15(28)17(9-27)30-16/h1-6,15-17,27-28H,7-9H2,(H,24,26)(H2,23,25,29)/t15-,16+,17+/m0/s1. The number of hydrogen-bond donors (Lipinski definition) is 5. The predicted molar refractivity (Wildman–Crippen MR) is 114 cm³/mol. The van der Waals surface area contributed by atoms with Crippen LogP contribution in [0.25, 0.3) is 11.0 Å². The van der Waals surface area contributed by atoms with Crippen molar-refractivity contribution in [1.82, 2.24) is 15.3 Å². The first-order valence-electron chi connectivity index (χ1n) is 9.36. The zero-order valence-corrected chi connectivity index (χ0v) is 17.2. The number of anilines is 1. The summed E-state index contributed by atoms with van der Waals surface area (Å²) in [6.45, 7) is -0.0253. The summed E-state index contributed by atoms with van der Waals surface area (Å²) in [6.07, 6.45) is -1.52. The largest absolute Gasteiger partial charge is 0.394 e. The Bertz CT molecular complexity index is 1070. The maximum Gasteiger partial charge on any atom is 0.319 e. The van der Waals surface area contributed by atoms with Gasteiger partial charge in [-0.3, -0.25) is 0 Å². The Morgan fingerprint density at radius 3 is 2.87 bits per heavy atom. The fraction of sp³-hybridized carbons (Fsp3) is 0.300. The van der Waals surface area contributed by atoms with E-state index in [0.717, 1.165) is 5.56 Å². The molecule has 1 aliphatic heterocycles. The number of aliphatic hydroxyl groups excluding tert-OH is 2. The van der Waals surface area contributed by atoms with Crippen LogP contribution < -0.4 is 10.6 Å². The van der Waals surface area contributed by atoms with Crippen molar-refractivity contribution in [1.29, 1.82) is 0 Å². The van der Waals surface area contributed by atoms with Crippen LogP contribution in [0.2, 0.25) is 10.0 Å². The van der Waals surface area contributed by atoms with Crippen molar-refractivity contribution in [3.63, 3.8) is 0 Å². The van der Waals surface area contributed by atoms with Gasteiger partial charge in [-0.25, -0.2) is 9.78 Å². The number of carbonyl (C=O) groups excluding carboxylic acids is 1. The minimum Gasteiger partial charge on any atom is -0.394 e. The van der Waals surface area contributed by atoms with Crippen LogP contribution in [0.15, 0.2) is 36.4 Å². The predicted octanol–water partition coefficient (Wildman–Crippen LogP) is 3.37. The summed E-state index contributed by atoms with van der Waals surface area (Å²) < 4.78 is 5.65. The van der Waals surface area contributed by atoms with Crippen LogP contribution >= 0.6 is 23.2 Å². The molecule has 5 N–H and O–H groups in total. The number of para-hydroxylation sites is 1. The van der Waals surface area contributed by atoms with E-state index in [1.54, 1.807) is 30.3 Å². The zero-order chi connectivity index (χ0) is 21.3. The second-order valence-electron chi connectivity index (χ2n) is 7.02. The smallest absolute Gasteiger partial charge is 0.319 e. The van der Waals surface area contributed by atoms with E-state index in [4.69, 9.17) is 27.9 Å². The Labute approximate surface area is 182 Å². The van der Waals surface area contributed by atoms with Crippen LogP contribution in [0.3, 0.4) is 0 Å². The summed E-state index contributed by atoms with van der Waals surface area (Å²) in [5.74, 6) is 0.530. The summed E-state index contributed by atoms with van der Waals surface area (Å²) in [5, 5.41) is 25.8. The number of fused-ring (bicyclic) bond motifs is 1. The molecule has 30 heavy (non-hydrogen) atoms. The molecular formula is C20H20Cl2N4O4. The number of aromatic amines is 1. The molecular weight excluding hydrogens is 431 g/mol.